The van der Waals surface area contributed by atoms with Crippen molar-refractivity contribution in [3.8, 4) is 11.5 Å². The predicted molar refractivity (Wildman–Crippen MR) is 141 cm³/mol. The fourth-order valence-electron chi connectivity index (χ4n) is 4.44. The lowest BCUT2D eigenvalue weighted by molar-refractivity contribution is 0.0139. The molecule has 5 heteroatoms. The molecule has 1 unspecified atom stereocenters. The van der Waals surface area contributed by atoms with E-state index in [1.54, 1.807) is 0 Å². The Labute approximate surface area is 211 Å². The van der Waals surface area contributed by atoms with E-state index in [-0.39, 0.29) is 12.2 Å². The van der Waals surface area contributed by atoms with Gasteiger partial charge in [-0.15, -0.1) is 0 Å². The number of amides is 1. The van der Waals surface area contributed by atoms with Gasteiger partial charge in [-0.1, -0.05) is 30.3 Å². The Balaban J connectivity index is 1.46. The van der Waals surface area contributed by atoms with Gasteiger partial charge in [-0.3, -0.25) is 0 Å². The molecule has 2 aromatic carbocycles. The second kappa shape index (κ2) is 12.9. The molecule has 0 spiro atoms. The minimum atomic E-state index is -0.468. The molecule has 0 bridgehead atoms. The number of hydrogen-bond donors (Lipinski definition) is 0. The summed E-state index contributed by atoms with van der Waals surface area (Å²) in [6.07, 6.45) is 6.28. The molecule has 2 aromatic rings. The molecule has 1 aliphatic heterocycles. The standard InChI is InChI=1S/C30H43NO4/c1-23(2)34-27-17-10-13-24(20-27)12-6-7-15-26-16-8-9-18-28(26)33-22-25-14-11-19-31(21-25)29(32)35-30(3,4)5/h8-10,13,16-18,20,23,25H,6-7,11-12,14-15,19,21-22H2,1-5H3. The minimum absolute atomic E-state index is 0.191. The van der Waals surface area contributed by atoms with Gasteiger partial charge in [0.1, 0.15) is 17.1 Å². The molecular formula is C30H43NO4. The highest BCUT2D eigenvalue weighted by atomic mass is 16.6. The molecule has 5 nitrogen and oxygen atoms in total. The summed E-state index contributed by atoms with van der Waals surface area (Å²) in [5.41, 5.74) is 2.10. The molecule has 0 aliphatic carbocycles. The zero-order chi connectivity index (χ0) is 25.3. The van der Waals surface area contributed by atoms with Gasteiger partial charge in [0.15, 0.2) is 0 Å². The van der Waals surface area contributed by atoms with Crippen LogP contribution in [0.3, 0.4) is 0 Å². The Morgan fingerprint density at radius 3 is 2.60 bits per heavy atom. The van der Waals surface area contributed by atoms with Crippen molar-refractivity contribution in [2.75, 3.05) is 19.7 Å². The summed E-state index contributed by atoms with van der Waals surface area (Å²) in [6, 6.07) is 16.8. The number of rotatable bonds is 10. The van der Waals surface area contributed by atoms with Gasteiger partial charge in [-0.25, -0.2) is 4.79 Å². The zero-order valence-electron chi connectivity index (χ0n) is 22.2. The molecule has 0 N–H and O–H groups in total. The van der Waals surface area contributed by atoms with Crippen LogP contribution in [0.5, 0.6) is 11.5 Å². The van der Waals surface area contributed by atoms with Gasteiger partial charge in [-0.05, 0) is 102 Å². The highest BCUT2D eigenvalue weighted by molar-refractivity contribution is 5.68. The van der Waals surface area contributed by atoms with E-state index in [9.17, 15) is 4.79 Å². The summed E-state index contributed by atoms with van der Waals surface area (Å²) in [7, 11) is 0. The third-order valence-corrected chi connectivity index (χ3v) is 6.05. The van der Waals surface area contributed by atoms with Crippen molar-refractivity contribution in [3.05, 3.63) is 59.7 Å². The van der Waals surface area contributed by atoms with Gasteiger partial charge in [0.05, 0.1) is 12.7 Å². The van der Waals surface area contributed by atoms with Crippen molar-refractivity contribution in [3.63, 3.8) is 0 Å². The number of aryl methyl sites for hydroxylation is 2. The third-order valence-electron chi connectivity index (χ3n) is 6.05. The van der Waals surface area contributed by atoms with Gasteiger partial charge >= 0.3 is 6.09 Å². The summed E-state index contributed by atoms with van der Waals surface area (Å²) >= 11 is 0. The highest BCUT2D eigenvalue weighted by Crippen LogP contribution is 2.25. The van der Waals surface area contributed by atoms with Crippen molar-refractivity contribution >= 4 is 6.09 Å². The summed E-state index contributed by atoms with van der Waals surface area (Å²) in [4.78, 5) is 14.3. The highest BCUT2D eigenvalue weighted by Gasteiger charge is 2.28. The van der Waals surface area contributed by atoms with Crippen LogP contribution in [0, 0.1) is 5.92 Å². The molecule has 1 saturated heterocycles. The van der Waals surface area contributed by atoms with Gasteiger partial charge in [0, 0.05) is 19.0 Å². The first-order chi connectivity index (χ1) is 16.7. The number of para-hydroxylation sites is 1. The van der Waals surface area contributed by atoms with Gasteiger partial charge in [0.2, 0.25) is 0 Å². The molecule has 35 heavy (non-hydrogen) atoms. The van der Waals surface area contributed by atoms with Crippen molar-refractivity contribution in [1.82, 2.24) is 4.90 Å². The Morgan fingerprint density at radius 1 is 1.06 bits per heavy atom. The fourth-order valence-corrected chi connectivity index (χ4v) is 4.44. The smallest absolute Gasteiger partial charge is 0.410 e. The zero-order valence-corrected chi connectivity index (χ0v) is 22.2. The molecule has 1 heterocycles. The molecule has 192 valence electrons. The van der Waals surface area contributed by atoms with Crippen molar-refractivity contribution in [1.29, 1.82) is 0 Å². The Kier molecular flexibility index (Phi) is 9.88. The predicted octanol–water partition coefficient (Wildman–Crippen LogP) is 7.07. The molecular weight excluding hydrogens is 438 g/mol. The lowest BCUT2D eigenvalue weighted by Crippen LogP contribution is -2.44. The van der Waals surface area contributed by atoms with E-state index in [2.05, 4.69) is 50.2 Å². The Morgan fingerprint density at radius 2 is 1.83 bits per heavy atom. The number of piperidine rings is 1. The molecule has 0 radical (unpaired) electrons. The van der Waals surface area contributed by atoms with E-state index in [1.807, 2.05) is 37.8 Å². The normalized spacial score (nSPS) is 16.3. The van der Waals surface area contributed by atoms with Crippen molar-refractivity contribution in [2.45, 2.75) is 84.8 Å². The average Bonchev–Trinajstić information content (AvgIpc) is 2.80. The van der Waals surface area contributed by atoms with Crippen molar-refractivity contribution < 1.29 is 19.0 Å². The van der Waals surface area contributed by atoms with E-state index in [0.717, 1.165) is 56.6 Å². The maximum atomic E-state index is 12.5. The number of likely N-dealkylation sites (tertiary alicyclic amines) is 1. The van der Waals surface area contributed by atoms with Crippen LogP contribution >= 0.6 is 0 Å². The van der Waals surface area contributed by atoms with E-state index in [4.69, 9.17) is 14.2 Å². The second-order valence-electron chi connectivity index (χ2n) is 10.9. The maximum absolute atomic E-state index is 12.5. The summed E-state index contributed by atoms with van der Waals surface area (Å²) in [5, 5.41) is 0. The summed E-state index contributed by atoms with van der Waals surface area (Å²) < 4.78 is 17.7. The molecule has 1 aliphatic rings. The number of unbranched alkanes of at least 4 members (excludes halogenated alkanes) is 1. The number of hydrogen-bond acceptors (Lipinski definition) is 4. The Bertz CT molecular complexity index is 934. The van der Waals surface area contributed by atoms with Gasteiger partial charge < -0.3 is 19.1 Å². The number of ether oxygens (including phenoxy) is 3. The van der Waals surface area contributed by atoms with Crippen LogP contribution in [-0.4, -0.2) is 42.4 Å². The first kappa shape index (κ1) is 26.9. The Hall–Kier alpha value is -2.69. The molecule has 1 fully saturated rings. The van der Waals surface area contributed by atoms with Crippen molar-refractivity contribution in [2.24, 2.45) is 5.92 Å². The van der Waals surface area contributed by atoms with E-state index >= 15 is 0 Å². The van der Waals surface area contributed by atoms with Crippen LogP contribution in [0.2, 0.25) is 0 Å². The largest absolute Gasteiger partial charge is 0.493 e. The lowest BCUT2D eigenvalue weighted by atomic mass is 9.99. The quantitative estimate of drug-likeness (QED) is 0.341. The topological polar surface area (TPSA) is 48.0 Å². The van der Waals surface area contributed by atoms with E-state index in [0.29, 0.717) is 19.1 Å². The molecule has 0 aromatic heterocycles. The molecule has 3 rings (SSSR count). The monoisotopic (exact) mass is 481 g/mol. The first-order valence-electron chi connectivity index (χ1n) is 13.1. The van der Waals surface area contributed by atoms with Gasteiger partial charge in [0.25, 0.3) is 0 Å². The number of nitrogens with zero attached hydrogens (tertiary/aromatic N) is 1. The first-order valence-corrected chi connectivity index (χ1v) is 13.1. The van der Waals surface area contributed by atoms with Crippen LogP contribution in [0.4, 0.5) is 4.79 Å². The summed E-state index contributed by atoms with van der Waals surface area (Å²) in [5.74, 6) is 2.24. The van der Waals surface area contributed by atoms with E-state index in [1.165, 1.54) is 11.1 Å². The third kappa shape index (κ3) is 9.46. The number of benzene rings is 2. The minimum Gasteiger partial charge on any atom is -0.493 e. The average molecular weight is 482 g/mol. The molecule has 1 amide bonds. The van der Waals surface area contributed by atoms with Gasteiger partial charge in [-0.2, -0.15) is 0 Å². The van der Waals surface area contributed by atoms with E-state index < -0.39 is 5.60 Å². The lowest BCUT2D eigenvalue weighted by Gasteiger charge is -2.34. The number of carbonyl (C=O) groups is 1. The van der Waals surface area contributed by atoms with Crippen LogP contribution in [0.15, 0.2) is 48.5 Å². The molecule has 0 saturated carbocycles. The van der Waals surface area contributed by atoms with Crippen LogP contribution in [0.25, 0.3) is 0 Å². The number of carbonyl (C=O) groups excluding carboxylic acids is 1. The maximum Gasteiger partial charge on any atom is 0.410 e. The second-order valence-corrected chi connectivity index (χ2v) is 10.9. The fraction of sp³-hybridized carbons (Fsp3) is 0.567. The van der Waals surface area contributed by atoms with Crippen LogP contribution in [-0.2, 0) is 17.6 Å². The SMILES string of the molecule is CC(C)Oc1cccc(CCCCc2ccccc2OCC2CCCN(C(=O)OC(C)(C)C)C2)c1. The summed E-state index contributed by atoms with van der Waals surface area (Å²) in [6.45, 7) is 11.9. The van der Waals surface area contributed by atoms with Crippen LogP contribution in [0.1, 0.15) is 71.4 Å². The molecule has 1 atom stereocenters. The van der Waals surface area contributed by atoms with Crippen LogP contribution < -0.4 is 9.47 Å².